The van der Waals surface area contributed by atoms with Crippen molar-refractivity contribution >= 4 is 23.8 Å². The highest BCUT2D eigenvalue weighted by molar-refractivity contribution is 5.87. The van der Waals surface area contributed by atoms with Crippen molar-refractivity contribution in [2.24, 2.45) is 0 Å². The molecule has 0 aliphatic heterocycles. The summed E-state index contributed by atoms with van der Waals surface area (Å²) in [6.07, 6.45) is 48.5. The first-order valence-corrected chi connectivity index (χ1v) is 25.4. The third-order valence-electron chi connectivity index (χ3n) is 11.9. The van der Waals surface area contributed by atoms with Gasteiger partial charge < -0.3 is 25.6 Å². The summed E-state index contributed by atoms with van der Waals surface area (Å²) >= 11 is 0. The van der Waals surface area contributed by atoms with Gasteiger partial charge in [0.05, 0.1) is 13.2 Å². The monoisotopic (exact) mass is 837 g/mol. The van der Waals surface area contributed by atoms with E-state index in [4.69, 9.17) is 14.9 Å². The van der Waals surface area contributed by atoms with Crippen molar-refractivity contribution in [2.75, 3.05) is 13.2 Å². The number of carboxylic acids is 1. The Morgan fingerprint density at radius 2 is 0.763 bits per heavy atom. The number of aliphatic hydroxyl groups excluding tert-OH is 1. The third kappa shape index (κ3) is 42.3. The van der Waals surface area contributed by atoms with E-state index >= 15 is 0 Å². The van der Waals surface area contributed by atoms with Crippen LogP contribution in [-0.2, 0) is 23.9 Å². The number of esters is 1. The van der Waals surface area contributed by atoms with Crippen LogP contribution in [-0.4, -0.2) is 59.3 Å². The maximum Gasteiger partial charge on any atom is 0.328 e. The smallest absolute Gasteiger partial charge is 0.328 e. The molecule has 9 heteroatoms. The number of rotatable bonds is 47. The molecule has 0 aliphatic carbocycles. The van der Waals surface area contributed by atoms with Crippen molar-refractivity contribution in [3.63, 3.8) is 0 Å². The first-order chi connectivity index (χ1) is 28.8. The zero-order valence-corrected chi connectivity index (χ0v) is 38.8. The summed E-state index contributed by atoms with van der Waals surface area (Å²) in [6, 6.07) is -1.38. The van der Waals surface area contributed by atoms with Gasteiger partial charge in [0.2, 0.25) is 11.8 Å². The van der Waals surface area contributed by atoms with Gasteiger partial charge in [-0.15, -0.1) is 0 Å². The number of hydrogen-bond acceptors (Lipinski definition) is 6. The average molecular weight is 837 g/mol. The molecule has 0 spiro atoms. The van der Waals surface area contributed by atoms with Crippen LogP contribution in [0.5, 0.6) is 0 Å². The quantitative estimate of drug-likeness (QED) is 0.0353. The van der Waals surface area contributed by atoms with Crippen LogP contribution in [0.3, 0.4) is 0 Å². The second kappa shape index (κ2) is 45.4. The number of aliphatic hydroxyl groups is 1. The van der Waals surface area contributed by atoms with E-state index in [1.54, 1.807) is 0 Å². The van der Waals surface area contributed by atoms with E-state index in [1.807, 2.05) is 0 Å². The Bertz CT molecular complexity index is 962. The Morgan fingerprint density at radius 1 is 0.441 bits per heavy atom. The highest BCUT2D eigenvalue weighted by Crippen LogP contribution is 2.20. The number of unbranched alkanes of at least 4 members (excludes halogenated alkanes) is 33. The summed E-state index contributed by atoms with van der Waals surface area (Å²) in [5.74, 6) is -2.26. The lowest BCUT2D eigenvalue weighted by Gasteiger charge is -2.18. The number of carbonyl (C=O) groups excluding carboxylic acids is 3. The molecule has 0 rings (SSSR count). The van der Waals surface area contributed by atoms with Crippen LogP contribution >= 0.6 is 0 Å². The van der Waals surface area contributed by atoms with Gasteiger partial charge in [-0.25, -0.2) is 4.79 Å². The molecule has 59 heavy (non-hydrogen) atoms. The van der Waals surface area contributed by atoms with Crippen LogP contribution < -0.4 is 10.6 Å². The van der Waals surface area contributed by atoms with E-state index in [9.17, 15) is 19.2 Å². The summed E-state index contributed by atoms with van der Waals surface area (Å²) < 4.78 is 6.07. The maximum absolute atomic E-state index is 12.9. The Morgan fingerprint density at radius 3 is 1.10 bits per heavy atom. The summed E-state index contributed by atoms with van der Waals surface area (Å²) in [6.45, 7) is 3.52. The normalized spacial score (nSPS) is 12.3. The van der Waals surface area contributed by atoms with Crippen LogP contribution in [0.15, 0.2) is 0 Å². The van der Waals surface area contributed by atoms with Crippen molar-refractivity contribution < 1.29 is 34.1 Å². The molecule has 2 unspecified atom stereocenters. The summed E-state index contributed by atoms with van der Waals surface area (Å²) in [5, 5.41) is 22.6. The topological polar surface area (TPSA) is 142 Å². The number of hydrogen-bond donors (Lipinski definition) is 4. The number of ether oxygens (including phenoxy) is 1. The zero-order valence-electron chi connectivity index (χ0n) is 38.8. The van der Waals surface area contributed by atoms with Gasteiger partial charge in [0.25, 0.3) is 0 Å². The van der Waals surface area contributed by atoms with Gasteiger partial charge in [0, 0.05) is 12.8 Å². The Labute approximate surface area is 363 Å². The van der Waals surface area contributed by atoms with E-state index < -0.39 is 24.5 Å². The van der Waals surface area contributed by atoms with Gasteiger partial charge in [0.15, 0.2) is 0 Å². The minimum Gasteiger partial charge on any atom is -0.480 e. The minimum atomic E-state index is -1.38. The fourth-order valence-corrected chi connectivity index (χ4v) is 7.95. The minimum absolute atomic E-state index is 0.00516. The first-order valence-electron chi connectivity index (χ1n) is 25.4. The maximum atomic E-state index is 12.9. The van der Waals surface area contributed by atoms with E-state index in [-0.39, 0.29) is 24.5 Å². The van der Waals surface area contributed by atoms with E-state index in [0.29, 0.717) is 19.3 Å². The Balaban J connectivity index is 4.19. The van der Waals surface area contributed by atoms with Gasteiger partial charge in [-0.2, -0.15) is 0 Å². The van der Waals surface area contributed by atoms with Crippen LogP contribution in [0.1, 0.15) is 271 Å². The molecule has 0 saturated carbocycles. The average Bonchev–Trinajstić information content (AvgIpc) is 3.22. The highest BCUT2D eigenvalue weighted by atomic mass is 16.5. The summed E-state index contributed by atoms with van der Waals surface area (Å²) in [5.41, 5.74) is 0. The molecule has 0 aromatic carbocycles. The van der Waals surface area contributed by atoms with E-state index in [0.717, 1.165) is 57.8 Å². The van der Waals surface area contributed by atoms with Gasteiger partial charge in [0.1, 0.15) is 12.1 Å². The van der Waals surface area contributed by atoms with Crippen molar-refractivity contribution in [1.29, 1.82) is 0 Å². The van der Waals surface area contributed by atoms with Gasteiger partial charge in [-0.1, -0.05) is 219 Å². The van der Waals surface area contributed by atoms with Crippen LogP contribution in [0.2, 0.25) is 0 Å². The number of aliphatic carboxylic acids is 1. The Kier molecular flexibility index (Phi) is 43.7. The predicted octanol–water partition coefficient (Wildman–Crippen LogP) is 13.2. The molecule has 0 radical (unpaired) electrons. The number of carbonyl (C=O) groups is 4. The lowest BCUT2D eigenvalue weighted by Crippen LogP contribution is -2.47. The molecule has 348 valence electrons. The SMILES string of the molecule is CCCCCCCCCCCCCCCCCCCCCC(=O)OC(CCCCCCCCCCCCCC)CCCCCCCC(=O)NCC(=O)NC(CO)C(=O)O. The first kappa shape index (κ1) is 56.8. The molecule has 2 amide bonds. The van der Waals surface area contributed by atoms with Crippen molar-refractivity contribution in [1.82, 2.24) is 10.6 Å². The lowest BCUT2D eigenvalue weighted by atomic mass is 10.0. The zero-order chi connectivity index (χ0) is 43.3. The molecule has 0 aliphatic rings. The highest BCUT2D eigenvalue weighted by Gasteiger charge is 2.19. The van der Waals surface area contributed by atoms with E-state index in [2.05, 4.69) is 24.5 Å². The van der Waals surface area contributed by atoms with E-state index in [1.165, 1.54) is 180 Å². The van der Waals surface area contributed by atoms with Crippen LogP contribution in [0.25, 0.3) is 0 Å². The molecule has 0 bridgehead atoms. The summed E-state index contributed by atoms with van der Waals surface area (Å²) in [4.78, 5) is 47.7. The molecule has 0 saturated heterocycles. The molecule has 0 aromatic heterocycles. The van der Waals surface area contributed by atoms with Crippen molar-refractivity contribution in [3.8, 4) is 0 Å². The number of carboxylic acid groups (broad SMARTS) is 1. The van der Waals surface area contributed by atoms with Gasteiger partial charge in [-0.05, 0) is 38.5 Å². The standard InChI is InChI=1S/C50H96N2O7/c1-3-5-7-9-11-13-15-17-18-19-20-21-22-23-25-27-29-34-38-42-49(56)59-45(39-35-31-28-26-24-16-14-12-10-8-6-4-2)40-36-32-30-33-37-41-47(54)51-43-48(55)52-46(44-53)50(57)58/h45-46,53H,3-44H2,1-2H3,(H,51,54)(H,52,55)(H,57,58). The third-order valence-corrected chi connectivity index (χ3v) is 11.9. The molecule has 0 aromatic rings. The van der Waals surface area contributed by atoms with Gasteiger partial charge in [-0.3, -0.25) is 14.4 Å². The van der Waals surface area contributed by atoms with Gasteiger partial charge >= 0.3 is 11.9 Å². The molecule has 2 atom stereocenters. The second-order valence-corrected chi connectivity index (χ2v) is 17.6. The number of nitrogens with one attached hydrogen (secondary N) is 2. The molecule has 9 nitrogen and oxygen atoms in total. The second-order valence-electron chi connectivity index (χ2n) is 17.6. The summed E-state index contributed by atoms with van der Waals surface area (Å²) in [7, 11) is 0. The van der Waals surface area contributed by atoms with Crippen LogP contribution in [0.4, 0.5) is 0 Å². The molecule has 0 heterocycles. The van der Waals surface area contributed by atoms with Crippen molar-refractivity contribution in [3.05, 3.63) is 0 Å². The Hall–Kier alpha value is -2.16. The predicted molar refractivity (Wildman–Crippen MR) is 246 cm³/mol. The molecular weight excluding hydrogens is 741 g/mol. The lowest BCUT2D eigenvalue weighted by molar-refractivity contribution is -0.150. The number of amides is 2. The fraction of sp³-hybridized carbons (Fsp3) is 0.920. The fourth-order valence-electron chi connectivity index (χ4n) is 7.95. The van der Waals surface area contributed by atoms with Crippen molar-refractivity contribution in [2.45, 2.75) is 283 Å². The molecular formula is C50H96N2O7. The molecule has 0 fully saturated rings. The van der Waals surface area contributed by atoms with Crippen LogP contribution in [0, 0.1) is 0 Å². The largest absolute Gasteiger partial charge is 0.480 e. The molecule has 4 N–H and O–H groups in total.